The van der Waals surface area contributed by atoms with Gasteiger partial charge in [-0.25, -0.2) is 0 Å². The Bertz CT molecular complexity index is 912. The number of amides is 1. The topological polar surface area (TPSA) is 95.8 Å². The fourth-order valence-electron chi connectivity index (χ4n) is 6.12. The fourth-order valence-corrected chi connectivity index (χ4v) is 7.38. The summed E-state index contributed by atoms with van der Waals surface area (Å²) >= 11 is 1.46. The first-order chi connectivity index (χ1) is 14.1. The average molecular weight is 431 g/mol. The summed E-state index contributed by atoms with van der Waals surface area (Å²) in [4.78, 5) is 25.8. The van der Waals surface area contributed by atoms with E-state index in [0.29, 0.717) is 28.8 Å². The smallest absolute Gasteiger partial charge is 0.306 e. The molecular weight excluding hydrogens is 398 g/mol. The Morgan fingerprint density at radius 2 is 2.03 bits per heavy atom. The van der Waals surface area contributed by atoms with Crippen LogP contribution in [0.5, 0.6) is 0 Å². The molecule has 3 N–H and O–H groups in total. The van der Waals surface area contributed by atoms with Crippen molar-refractivity contribution in [1.29, 1.82) is 5.26 Å². The van der Waals surface area contributed by atoms with Crippen LogP contribution in [0, 0.1) is 29.1 Å². The summed E-state index contributed by atoms with van der Waals surface area (Å²) in [7, 11) is 0. The number of carbonyl (C=O) groups is 2. The van der Waals surface area contributed by atoms with Gasteiger partial charge in [0.05, 0.1) is 16.0 Å². The number of rotatable bonds is 5. The third-order valence-corrected chi connectivity index (χ3v) is 8.51. The first-order valence-electron chi connectivity index (χ1n) is 11.0. The minimum absolute atomic E-state index is 0.0142. The van der Waals surface area contributed by atoms with Gasteiger partial charge in [0.25, 0.3) is 5.91 Å². The first kappa shape index (κ1) is 21.3. The Hall–Kier alpha value is -1.91. The van der Waals surface area contributed by atoms with Gasteiger partial charge in [0, 0.05) is 12.8 Å². The van der Waals surface area contributed by atoms with E-state index in [1.54, 1.807) is 0 Å². The number of quaternary nitrogens is 1. The Kier molecular flexibility index (Phi) is 5.44. The standard InChI is InChI=1S/C23H31N3O3S/c1-22(2)10-16-17(11-24)21(30-20(16)23(3,4)26-22)25-18(27)12-29-19(28)9-15-8-13-5-6-14(15)7-13/h13-15,26H,5-10,12H2,1-4H3,(H,25,27)/p+1/t13-,14+,15-/m0/s1. The van der Waals surface area contributed by atoms with E-state index < -0.39 is 0 Å². The molecule has 2 saturated carbocycles. The minimum Gasteiger partial charge on any atom is -0.456 e. The lowest BCUT2D eigenvalue weighted by atomic mass is 9.81. The summed E-state index contributed by atoms with van der Waals surface area (Å²) in [6, 6.07) is 2.29. The van der Waals surface area contributed by atoms with Crippen LogP contribution >= 0.6 is 11.3 Å². The van der Waals surface area contributed by atoms with Gasteiger partial charge in [0.1, 0.15) is 16.6 Å². The molecule has 1 aliphatic heterocycles. The van der Waals surface area contributed by atoms with Crippen LogP contribution in [0.25, 0.3) is 0 Å². The first-order valence-corrected chi connectivity index (χ1v) is 11.8. The van der Waals surface area contributed by atoms with E-state index in [-0.39, 0.29) is 29.6 Å². The maximum absolute atomic E-state index is 12.5. The largest absolute Gasteiger partial charge is 0.456 e. The molecule has 3 aliphatic rings. The molecular formula is C23H32N3O3S+. The molecule has 2 bridgehead atoms. The second kappa shape index (κ2) is 7.65. The maximum Gasteiger partial charge on any atom is 0.306 e. The number of nitrogens with zero attached hydrogens (tertiary/aromatic N) is 1. The Labute approximate surface area is 182 Å². The maximum atomic E-state index is 12.5. The van der Waals surface area contributed by atoms with Crippen LogP contribution in [0.1, 0.15) is 75.8 Å². The van der Waals surface area contributed by atoms with Crippen LogP contribution in [0.4, 0.5) is 5.00 Å². The molecule has 2 aliphatic carbocycles. The molecule has 0 radical (unpaired) electrons. The molecule has 0 spiro atoms. The van der Waals surface area contributed by atoms with Gasteiger partial charge >= 0.3 is 5.97 Å². The second-order valence-electron chi connectivity index (χ2n) is 10.6. The van der Waals surface area contributed by atoms with E-state index in [4.69, 9.17) is 4.74 Å². The molecule has 1 aromatic heterocycles. The number of ether oxygens (including phenoxy) is 1. The Morgan fingerprint density at radius 3 is 2.67 bits per heavy atom. The normalized spacial score (nSPS) is 27.9. The highest BCUT2D eigenvalue weighted by atomic mass is 32.1. The lowest BCUT2D eigenvalue weighted by Gasteiger charge is -2.38. The summed E-state index contributed by atoms with van der Waals surface area (Å²) in [5, 5.41) is 15.5. The molecule has 0 unspecified atom stereocenters. The molecule has 0 saturated heterocycles. The third-order valence-electron chi connectivity index (χ3n) is 7.02. The minimum atomic E-state index is -0.382. The van der Waals surface area contributed by atoms with Crippen molar-refractivity contribution in [2.24, 2.45) is 17.8 Å². The van der Waals surface area contributed by atoms with Crippen LogP contribution in [-0.2, 0) is 26.3 Å². The zero-order chi connectivity index (χ0) is 21.7. The van der Waals surface area contributed by atoms with Crippen molar-refractivity contribution in [3.63, 3.8) is 0 Å². The number of nitriles is 1. The zero-order valence-electron chi connectivity index (χ0n) is 18.3. The van der Waals surface area contributed by atoms with Crippen LogP contribution in [-0.4, -0.2) is 24.0 Å². The van der Waals surface area contributed by atoms with Crippen molar-refractivity contribution in [2.45, 2.75) is 77.3 Å². The summed E-state index contributed by atoms with van der Waals surface area (Å²) in [5.74, 6) is 1.21. The zero-order valence-corrected chi connectivity index (χ0v) is 19.2. The number of hydrogen-bond donors (Lipinski definition) is 2. The summed E-state index contributed by atoms with van der Waals surface area (Å²) < 4.78 is 5.26. The molecule has 1 amide bonds. The number of nitrogens with two attached hydrogens (primary N) is 1. The molecule has 162 valence electrons. The number of carbonyl (C=O) groups excluding carboxylic acids is 2. The van der Waals surface area contributed by atoms with Crippen LogP contribution in [0.2, 0.25) is 0 Å². The second-order valence-corrected chi connectivity index (χ2v) is 11.6. The quantitative estimate of drug-likeness (QED) is 0.702. The van der Waals surface area contributed by atoms with Gasteiger partial charge in [-0.1, -0.05) is 6.42 Å². The SMILES string of the molecule is CC1(C)Cc2c(sc(NC(=O)COC(=O)C[C@@H]3C[C@H]4CC[C@@H]3C4)c2C#N)C(C)(C)[NH2+]1. The molecule has 2 fully saturated rings. The number of nitrogens with one attached hydrogen (secondary N) is 1. The molecule has 7 heteroatoms. The fraction of sp³-hybridized carbons (Fsp3) is 0.696. The van der Waals surface area contributed by atoms with E-state index >= 15 is 0 Å². The van der Waals surface area contributed by atoms with E-state index in [9.17, 15) is 14.9 Å². The Balaban J connectivity index is 1.37. The van der Waals surface area contributed by atoms with E-state index in [0.717, 1.165) is 29.2 Å². The van der Waals surface area contributed by atoms with Crippen molar-refractivity contribution < 1.29 is 19.6 Å². The van der Waals surface area contributed by atoms with E-state index in [1.165, 1.54) is 30.6 Å². The van der Waals surface area contributed by atoms with Gasteiger partial charge in [-0.2, -0.15) is 5.26 Å². The predicted octanol–water partition coefficient (Wildman–Crippen LogP) is 3.06. The number of thiophene rings is 1. The lowest BCUT2D eigenvalue weighted by molar-refractivity contribution is -0.789. The van der Waals surface area contributed by atoms with Crippen LogP contribution < -0.4 is 10.6 Å². The molecule has 4 rings (SSSR count). The molecule has 0 aromatic carbocycles. The Morgan fingerprint density at radius 1 is 1.27 bits per heavy atom. The van der Waals surface area contributed by atoms with Gasteiger partial charge in [0.15, 0.2) is 6.61 Å². The van der Waals surface area contributed by atoms with Crippen molar-refractivity contribution in [3.8, 4) is 6.07 Å². The highest BCUT2D eigenvalue weighted by Crippen LogP contribution is 2.49. The van der Waals surface area contributed by atoms with Gasteiger partial charge in [0.2, 0.25) is 0 Å². The number of anilines is 1. The van der Waals surface area contributed by atoms with E-state index in [1.807, 2.05) is 0 Å². The number of hydrogen-bond acceptors (Lipinski definition) is 5. The van der Waals surface area contributed by atoms with Crippen molar-refractivity contribution in [3.05, 3.63) is 16.0 Å². The highest BCUT2D eigenvalue weighted by Gasteiger charge is 2.44. The molecule has 30 heavy (non-hydrogen) atoms. The third kappa shape index (κ3) is 4.13. The molecule has 1 aromatic rings. The molecule has 3 atom stereocenters. The summed E-state index contributed by atoms with van der Waals surface area (Å²) in [6.45, 7) is 8.34. The van der Waals surface area contributed by atoms with Crippen LogP contribution in [0.15, 0.2) is 0 Å². The van der Waals surface area contributed by atoms with Gasteiger partial charge in [-0.05, 0) is 70.3 Å². The molecule has 6 nitrogen and oxygen atoms in total. The van der Waals surface area contributed by atoms with Crippen molar-refractivity contribution in [1.82, 2.24) is 0 Å². The van der Waals surface area contributed by atoms with Crippen molar-refractivity contribution in [2.75, 3.05) is 11.9 Å². The summed E-state index contributed by atoms with van der Waals surface area (Å²) in [6.07, 6.45) is 6.11. The number of fused-ring (bicyclic) bond motifs is 3. The lowest BCUT2D eigenvalue weighted by Crippen LogP contribution is -3.03. The van der Waals surface area contributed by atoms with Gasteiger partial charge in [-0.3, -0.25) is 9.59 Å². The van der Waals surface area contributed by atoms with Crippen molar-refractivity contribution >= 4 is 28.2 Å². The predicted molar refractivity (Wildman–Crippen MR) is 115 cm³/mol. The average Bonchev–Trinajstić information content (AvgIpc) is 3.33. The van der Waals surface area contributed by atoms with Gasteiger partial charge in [-0.15, -0.1) is 11.3 Å². The van der Waals surface area contributed by atoms with Gasteiger partial charge < -0.3 is 15.4 Å². The van der Waals surface area contributed by atoms with Crippen LogP contribution in [0.3, 0.4) is 0 Å². The van der Waals surface area contributed by atoms with E-state index in [2.05, 4.69) is 44.4 Å². The highest BCUT2D eigenvalue weighted by molar-refractivity contribution is 7.16. The molecule has 2 heterocycles. The number of esters is 1. The summed E-state index contributed by atoms with van der Waals surface area (Å²) in [5.41, 5.74) is 1.40. The monoisotopic (exact) mass is 430 g/mol.